The van der Waals surface area contributed by atoms with Gasteiger partial charge in [-0.25, -0.2) is 9.67 Å². The third kappa shape index (κ3) is 3.52. The lowest BCUT2D eigenvalue weighted by atomic mass is 9.87. The van der Waals surface area contributed by atoms with Crippen LogP contribution in [-0.4, -0.2) is 43.8 Å². The molecule has 0 aliphatic carbocycles. The molecule has 0 radical (unpaired) electrons. The van der Waals surface area contributed by atoms with Gasteiger partial charge in [-0.15, -0.1) is 0 Å². The minimum atomic E-state index is -0.474. The lowest BCUT2D eigenvalue weighted by Crippen LogP contribution is -2.39. The van der Waals surface area contributed by atoms with E-state index in [1.807, 2.05) is 46.0 Å². The number of nitrogens with zero attached hydrogens (tertiary/aromatic N) is 4. The van der Waals surface area contributed by atoms with Gasteiger partial charge >= 0.3 is 0 Å². The number of likely N-dealkylation sites (tertiary alicyclic amines) is 1. The van der Waals surface area contributed by atoms with Crippen LogP contribution in [0.3, 0.4) is 0 Å². The number of aromatic nitrogens is 3. The van der Waals surface area contributed by atoms with Gasteiger partial charge in [0.1, 0.15) is 0 Å². The Morgan fingerprint density at radius 2 is 1.86 bits per heavy atom. The van der Waals surface area contributed by atoms with Gasteiger partial charge in [-0.05, 0) is 44.2 Å². The minimum absolute atomic E-state index is 0.000604. The topological polar surface area (TPSA) is 71.2 Å². The summed E-state index contributed by atoms with van der Waals surface area (Å²) in [5.41, 5.74) is 2.35. The molecule has 0 spiro atoms. The van der Waals surface area contributed by atoms with Crippen LogP contribution >= 0.6 is 0 Å². The number of amides is 1. The standard InChI is InChI=1S/C22H26N4O2/c1-15(2)26-21-18(14-24-26)12-19(13-23-21)22(28)25-10-8-17(9-11-25)20(27)16-6-4-3-5-7-16/h3-7,12-15,17,20,27H,8-11H2,1-2H3. The maximum atomic E-state index is 12.9. The molecule has 1 fully saturated rings. The van der Waals surface area contributed by atoms with Crippen molar-refractivity contribution in [3.05, 3.63) is 59.9 Å². The van der Waals surface area contributed by atoms with E-state index in [4.69, 9.17) is 0 Å². The van der Waals surface area contributed by atoms with Crippen molar-refractivity contribution in [1.29, 1.82) is 0 Å². The highest BCUT2D eigenvalue weighted by Crippen LogP contribution is 2.31. The molecule has 1 atom stereocenters. The van der Waals surface area contributed by atoms with Crippen LogP contribution < -0.4 is 0 Å². The van der Waals surface area contributed by atoms with E-state index >= 15 is 0 Å². The van der Waals surface area contributed by atoms with Crippen LogP contribution in [0, 0.1) is 5.92 Å². The SMILES string of the molecule is CC(C)n1ncc2cc(C(=O)N3CCC(C(O)c4ccccc4)CC3)cnc21. The van der Waals surface area contributed by atoms with Crippen molar-refractivity contribution >= 4 is 16.9 Å². The number of carbonyl (C=O) groups is 1. The van der Waals surface area contributed by atoms with E-state index < -0.39 is 6.10 Å². The van der Waals surface area contributed by atoms with Crippen molar-refractivity contribution in [3.63, 3.8) is 0 Å². The number of hydrogen-bond acceptors (Lipinski definition) is 4. The molecule has 0 bridgehead atoms. The van der Waals surface area contributed by atoms with Crippen LogP contribution in [0.5, 0.6) is 0 Å². The summed E-state index contributed by atoms with van der Waals surface area (Å²) in [6.45, 7) is 5.41. The summed E-state index contributed by atoms with van der Waals surface area (Å²) < 4.78 is 1.86. The predicted octanol–water partition coefficient (Wildman–Crippen LogP) is 3.60. The van der Waals surface area contributed by atoms with Crippen LogP contribution in [0.15, 0.2) is 48.8 Å². The molecule has 1 aromatic carbocycles. The summed E-state index contributed by atoms with van der Waals surface area (Å²) in [4.78, 5) is 19.3. The molecule has 1 aliphatic heterocycles. The maximum absolute atomic E-state index is 12.9. The van der Waals surface area contributed by atoms with Gasteiger partial charge in [-0.2, -0.15) is 5.10 Å². The maximum Gasteiger partial charge on any atom is 0.255 e. The minimum Gasteiger partial charge on any atom is -0.388 e. The largest absolute Gasteiger partial charge is 0.388 e. The Labute approximate surface area is 164 Å². The lowest BCUT2D eigenvalue weighted by Gasteiger charge is -2.34. The molecule has 2 aromatic heterocycles. The fourth-order valence-corrected chi connectivity index (χ4v) is 3.96. The molecular formula is C22H26N4O2. The van der Waals surface area contributed by atoms with Gasteiger partial charge in [0.25, 0.3) is 5.91 Å². The number of pyridine rings is 1. The Morgan fingerprint density at radius 3 is 2.54 bits per heavy atom. The highest BCUT2D eigenvalue weighted by molar-refractivity contribution is 5.96. The van der Waals surface area contributed by atoms with Gasteiger partial charge in [0, 0.05) is 30.7 Å². The molecule has 1 aliphatic rings. The fourth-order valence-electron chi connectivity index (χ4n) is 3.96. The molecule has 1 saturated heterocycles. The molecule has 4 rings (SSSR count). The molecule has 146 valence electrons. The molecule has 6 nitrogen and oxygen atoms in total. The molecular weight excluding hydrogens is 352 g/mol. The second kappa shape index (κ2) is 7.72. The highest BCUT2D eigenvalue weighted by Gasteiger charge is 2.29. The van der Waals surface area contributed by atoms with Crippen molar-refractivity contribution < 1.29 is 9.90 Å². The van der Waals surface area contributed by atoms with Gasteiger partial charge in [0.05, 0.1) is 17.9 Å². The number of benzene rings is 1. The van der Waals surface area contributed by atoms with Gasteiger partial charge in [0.15, 0.2) is 5.65 Å². The Bertz CT molecular complexity index is 959. The smallest absolute Gasteiger partial charge is 0.255 e. The van der Waals surface area contributed by atoms with Crippen molar-refractivity contribution in [2.75, 3.05) is 13.1 Å². The van der Waals surface area contributed by atoms with E-state index in [0.717, 1.165) is 29.4 Å². The molecule has 1 N–H and O–H groups in total. The number of piperidine rings is 1. The highest BCUT2D eigenvalue weighted by atomic mass is 16.3. The molecule has 6 heteroatoms. The van der Waals surface area contributed by atoms with E-state index in [9.17, 15) is 9.90 Å². The van der Waals surface area contributed by atoms with Crippen molar-refractivity contribution in [2.24, 2.45) is 5.92 Å². The first-order valence-electron chi connectivity index (χ1n) is 9.90. The van der Waals surface area contributed by atoms with Crippen LogP contribution in [0.2, 0.25) is 0 Å². The van der Waals surface area contributed by atoms with E-state index in [-0.39, 0.29) is 17.9 Å². The van der Waals surface area contributed by atoms with Crippen molar-refractivity contribution in [2.45, 2.75) is 38.8 Å². The molecule has 3 heterocycles. The Hall–Kier alpha value is -2.73. The van der Waals surface area contributed by atoms with E-state index in [0.29, 0.717) is 18.7 Å². The number of carbonyl (C=O) groups excluding carboxylic acids is 1. The molecule has 28 heavy (non-hydrogen) atoms. The number of rotatable bonds is 4. The first kappa shape index (κ1) is 18.6. The van der Waals surface area contributed by atoms with Gasteiger partial charge in [0.2, 0.25) is 0 Å². The van der Waals surface area contributed by atoms with E-state index in [2.05, 4.69) is 23.9 Å². The zero-order valence-corrected chi connectivity index (χ0v) is 16.3. The number of hydrogen-bond donors (Lipinski definition) is 1. The normalized spacial score (nSPS) is 16.6. The van der Waals surface area contributed by atoms with Crippen LogP contribution in [0.25, 0.3) is 11.0 Å². The van der Waals surface area contributed by atoms with Gasteiger partial charge < -0.3 is 10.0 Å². The zero-order valence-electron chi connectivity index (χ0n) is 16.3. The monoisotopic (exact) mass is 378 g/mol. The van der Waals surface area contributed by atoms with Gasteiger partial charge in [-0.3, -0.25) is 4.79 Å². The fraction of sp³-hybridized carbons (Fsp3) is 0.409. The van der Waals surface area contributed by atoms with Crippen molar-refractivity contribution in [1.82, 2.24) is 19.7 Å². The first-order valence-corrected chi connectivity index (χ1v) is 9.90. The Morgan fingerprint density at radius 1 is 1.14 bits per heavy atom. The second-order valence-electron chi connectivity index (χ2n) is 7.80. The van der Waals surface area contributed by atoms with Gasteiger partial charge in [-0.1, -0.05) is 30.3 Å². The van der Waals surface area contributed by atoms with Crippen molar-refractivity contribution in [3.8, 4) is 0 Å². The average Bonchev–Trinajstić information content (AvgIpc) is 3.17. The summed E-state index contributed by atoms with van der Waals surface area (Å²) in [6.07, 6.45) is 4.53. The second-order valence-corrected chi connectivity index (χ2v) is 7.80. The Kier molecular flexibility index (Phi) is 5.13. The summed E-state index contributed by atoms with van der Waals surface area (Å²) in [5, 5.41) is 15.9. The average molecular weight is 378 g/mol. The van der Waals surface area contributed by atoms with Crippen LogP contribution in [-0.2, 0) is 0 Å². The van der Waals surface area contributed by atoms with Crippen LogP contribution in [0.4, 0.5) is 0 Å². The Balaban J connectivity index is 1.43. The third-order valence-corrected chi connectivity index (χ3v) is 5.58. The zero-order chi connectivity index (χ0) is 19.7. The molecule has 1 unspecified atom stereocenters. The third-order valence-electron chi connectivity index (χ3n) is 5.58. The summed E-state index contributed by atoms with van der Waals surface area (Å²) in [5.74, 6) is 0.177. The van der Waals surface area contributed by atoms with E-state index in [1.165, 1.54) is 0 Å². The predicted molar refractivity (Wildman–Crippen MR) is 108 cm³/mol. The number of aliphatic hydroxyl groups is 1. The molecule has 0 saturated carbocycles. The lowest BCUT2D eigenvalue weighted by molar-refractivity contribution is 0.0462. The summed E-state index contributed by atoms with van der Waals surface area (Å²) >= 11 is 0. The van der Waals surface area contributed by atoms with E-state index in [1.54, 1.807) is 12.4 Å². The summed E-state index contributed by atoms with van der Waals surface area (Å²) in [7, 11) is 0. The summed E-state index contributed by atoms with van der Waals surface area (Å²) in [6, 6.07) is 11.9. The van der Waals surface area contributed by atoms with Crippen LogP contribution in [0.1, 0.15) is 54.8 Å². The quantitative estimate of drug-likeness (QED) is 0.753. The first-order chi connectivity index (χ1) is 13.5. The number of fused-ring (bicyclic) bond motifs is 1. The number of aliphatic hydroxyl groups excluding tert-OH is 1. The molecule has 3 aromatic rings. The molecule has 1 amide bonds.